The van der Waals surface area contributed by atoms with Gasteiger partial charge in [0.15, 0.2) is 5.06 Å². The van der Waals surface area contributed by atoms with E-state index in [1.54, 1.807) is 6.07 Å². The summed E-state index contributed by atoms with van der Waals surface area (Å²) in [4.78, 5) is 33.2. The molecule has 0 spiro atoms. The molecule has 3 aliphatic rings. The molecule has 5 rings (SSSR count). The van der Waals surface area contributed by atoms with E-state index in [2.05, 4.69) is 16.8 Å². The second-order valence-electron chi connectivity index (χ2n) is 10.2. The van der Waals surface area contributed by atoms with Crippen LogP contribution in [-0.4, -0.2) is 73.6 Å². The van der Waals surface area contributed by atoms with E-state index >= 15 is 0 Å². The summed E-state index contributed by atoms with van der Waals surface area (Å²) in [7, 11) is 3.59. The maximum absolute atomic E-state index is 12.9. The van der Waals surface area contributed by atoms with Crippen LogP contribution in [0, 0.1) is 11.8 Å². The van der Waals surface area contributed by atoms with Gasteiger partial charge in [-0.15, -0.1) is 11.3 Å². The molecule has 1 amide bonds. The number of halogens is 1. The first kappa shape index (κ1) is 25.5. The van der Waals surface area contributed by atoms with Crippen LogP contribution in [0.2, 0.25) is 5.02 Å². The smallest absolute Gasteiger partial charge is 0.416 e. The number of thiophene rings is 1. The van der Waals surface area contributed by atoms with Crippen LogP contribution in [0.15, 0.2) is 30.3 Å². The van der Waals surface area contributed by atoms with Gasteiger partial charge < -0.3 is 19.3 Å². The van der Waals surface area contributed by atoms with Crippen LogP contribution >= 0.6 is 22.9 Å². The lowest BCUT2D eigenvalue weighted by molar-refractivity contribution is -0.147. The molecule has 4 heterocycles. The first-order valence-electron chi connectivity index (χ1n) is 12.8. The van der Waals surface area contributed by atoms with Crippen LogP contribution < -0.4 is 4.74 Å². The van der Waals surface area contributed by atoms with E-state index in [4.69, 9.17) is 21.1 Å². The summed E-state index contributed by atoms with van der Waals surface area (Å²) in [5.74, 6) is 1.14. The van der Waals surface area contributed by atoms with Crippen molar-refractivity contribution in [2.24, 2.45) is 11.8 Å². The number of piperidine rings is 1. The number of fused-ring (bicyclic) bond motifs is 1. The summed E-state index contributed by atoms with van der Waals surface area (Å²) in [6.45, 7) is 5.15. The van der Waals surface area contributed by atoms with Crippen molar-refractivity contribution in [3.63, 3.8) is 0 Å². The second kappa shape index (κ2) is 11.1. The quantitative estimate of drug-likeness (QED) is 0.515. The highest BCUT2D eigenvalue weighted by molar-refractivity contribution is 7.14. The SMILES string of the molecule is COC(=O)[C@H](c1ccccc1Cl)N1CCc2sc(OC(=O)N3CCC(C4CCN(C)C4)CC3)cc2C1. The van der Waals surface area contributed by atoms with Gasteiger partial charge in [0.05, 0.1) is 7.11 Å². The molecule has 2 atom stereocenters. The molecule has 0 bridgehead atoms. The number of amides is 1. The Hall–Kier alpha value is -2.13. The third kappa shape index (κ3) is 5.42. The minimum absolute atomic E-state index is 0.254. The van der Waals surface area contributed by atoms with E-state index in [9.17, 15) is 9.59 Å². The van der Waals surface area contributed by atoms with Crippen molar-refractivity contribution >= 4 is 35.0 Å². The lowest BCUT2D eigenvalue weighted by Crippen LogP contribution is -2.41. The van der Waals surface area contributed by atoms with Crippen molar-refractivity contribution in [2.45, 2.75) is 38.3 Å². The second-order valence-corrected chi connectivity index (χ2v) is 11.7. The molecule has 7 nitrogen and oxygen atoms in total. The molecule has 1 aromatic heterocycles. The summed E-state index contributed by atoms with van der Waals surface area (Å²) in [6, 6.07) is 8.76. The minimum atomic E-state index is -0.580. The standard InChI is InChI=1S/C27H34ClN3O4S/c1-29-11-7-19(16-29)18-8-12-30(13-9-18)27(33)35-24-15-20-17-31(14-10-23(20)36-24)25(26(32)34-2)21-5-3-4-6-22(21)28/h3-6,15,18-19,25H,7-14,16-17H2,1-2H3/t19?,25-/m0/s1. The molecule has 0 radical (unpaired) electrons. The van der Waals surface area contributed by atoms with E-state index in [0.717, 1.165) is 49.4 Å². The lowest BCUT2D eigenvalue weighted by atomic mass is 9.84. The normalized spacial score (nSPS) is 22.3. The summed E-state index contributed by atoms with van der Waals surface area (Å²) in [5.41, 5.74) is 1.82. The highest BCUT2D eigenvalue weighted by Gasteiger charge is 2.35. The number of hydrogen-bond acceptors (Lipinski definition) is 7. The van der Waals surface area contributed by atoms with E-state index < -0.39 is 6.04 Å². The maximum atomic E-state index is 12.9. The molecule has 0 saturated carbocycles. The number of hydrogen-bond donors (Lipinski definition) is 0. The molecule has 1 unspecified atom stereocenters. The fourth-order valence-electron chi connectivity index (χ4n) is 5.94. The van der Waals surface area contributed by atoms with Gasteiger partial charge in [-0.05, 0) is 74.4 Å². The van der Waals surface area contributed by atoms with Gasteiger partial charge in [0, 0.05) is 42.6 Å². The van der Waals surface area contributed by atoms with Gasteiger partial charge in [0.25, 0.3) is 0 Å². The Labute approximate surface area is 221 Å². The van der Waals surface area contributed by atoms with Crippen molar-refractivity contribution in [3.05, 3.63) is 51.4 Å². The molecular weight excluding hydrogens is 498 g/mol. The van der Waals surface area contributed by atoms with Gasteiger partial charge in [0.2, 0.25) is 0 Å². The minimum Gasteiger partial charge on any atom is -0.468 e. The molecule has 1 aromatic carbocycles. The molecule has 194 valence electrons. The van der Waals surface area contributed by atoms with Crippen LogP contribution in [0.5, 0.6) is 5.06 Å². The van der Waals surface area contributed by atoms with Crippen LogP contribution in [0.1, 0.15) is 41.3 Å². The number of methoxy groups -OCH3 is 1. The average molecular weight is 532 g/mol. The van der Waals surface area contributed by atoms with Crippen molar-refractivity contribution in [1.29, 1.82) is 0 Å². The number of likely N-dealkylation sites (tertiary alicyclic amines) is 2. The molecular formula is C27H34ClN3O4S. The first-order chi connectivity index (χ1) is 17.4. The molecule has 3 aliphatic heterocycles. The van der Waals surface area contributed by atoms with Crippen LogP contribution in [0.25, 0.3) is 0 Å². The lowest BCUT2D eigenvalue weighted by Gasteiger charge is -2.34. The summed E-state index contributed by atoms with van der Waals surface area (Å²) in [6.07, 6.45) is 3.91. The van der Waals surface area contributed by atoms with E-state index in [0.29, 0.717) is 29.1 Å². The number of rotatable bonds is 5. The predicted molar refractivity (Wildman–Crippen MR) is 141 cm³/mol. The largest absolute Gasteiger partial charge is 0.468 e. The Bertz CT molecular complexity index is 1100. The number of carbonyl (C=O) groups excluding carboxylic acids is 2. The monoisotopic (exact) mass is 531 g/mol. The molecule has 36 heavy (non-hydrogen) atoms. The highest BCUT2D eigenvalue weighted by atomic mass is 35.5. The predicted octanol–water partition coefficient (Wildman–Crippen LogP) is 4.84. The van der Waals surface area contributed by atoms with Gasteiger partial charge >= 0.3 is 12.1 Å². The number of esters is 1. The maximum Gasteiger partial charge on any atom is 0.416 e. The van der Waals surface area contributed by atoms with Crippen LogP contribution in [-0.2, 0) is 22.5 Å². The number of nitrogens with zero attached hydrogens (tertiary/aromatic N) is 3. The fourth-order valence-corrected chi connectivity index (χ4v) is 7.18. The van der Waals surface area contributed by atoms with Gasteiger partial charge in [-0.25, -0.2) is 9.59 Å². The van der Waals surface area contributed by atoms with Crippen molar-refractivity contribution in [3.8, 4) is 5.06 Å². The Morgan fingerprint density at radius 3 is 2.53 bits per heavy atom. The fraction of sp³-hybridized carbons (Fsp3) is 0.556. The molecule has 0 N–H and O–H groups in total. The summed E-state index contributed by atoms with van der Waals surface area (Å²) < 4.78 is 10.9. The highest BCUT2D eigenvalue weighted by Crippen LogP contribution is 2.38. The molecule has 9 heteroatoms. The van der Waals surface area contributed by atoms with Gasteiger partial charge in [-0.2, -0.15) is 0 Å². The summed E-state index contributed by atoms with van der Waals surface area (Å²) >= 11 is 7.96. The Kier molecular flexibility index (Phi) is 7.86. The van der Waals surface area contributed by atoms with E-state index in [1.807, 2.05) is 29.2 Å². The number of benzene rings is 1. The zero-order valence-corrected chi connectivity index (χ0v) is 22.5. The molecule has 0 aliphatic carbocycles. The number of ether oxygens (including phenoxy) is 2. The van der Waals surface area contributed by atoms with Gasteiger partial charge in [-0.1, -0.05) is 29.8 Å². The zero-order valence-electron chi connectivity index (χ0n) is 21.0. The van der Waals surface area contributed by atoms with Crippen molar-refractivity contribution in [2.75, 3.05) is 46.9 Å². The summed E-state index contributed by atoms with van der Waals surface area (Å²) in [5, 5.41) is 1.17. The van der Waals surface area contributed by atoms with Crippen molar-refractivity contribution in [1.82, 2.24) is 14.7 Å². The number of carbonyl (C=O) groups is 2. The first-order valence-corrected chi connectivity index (χ1v) is 14.0. The van der Waals surface area contributed by atoms with Gasteiger partial charge in [-0.3, -0.25) is 4.90 Å². The Morgan fingerprint density at radius 2 is 1.83 bits per heavy atom. The van der Waals surface area contributed by atoms with Crippen LogP contribution in [0.3, 0.4) is 0 Å². The zero-order chi connectivity index (χ0) is 25.2. The van der Waals surface area contributed by atoms with E-state index in [-0.39, 0.29) is 12.1 Å². The van der Waals surface area contributed by atoms with Crippen molar-refractivity contribution < 1.29 is 19.1 Å². The third-order valence-corrected chi connectivity index (χ3v) is 9.40. The van der Waals surface area contributed by atoms with E-state index in [1.165, 1.54) is 42.8 Å². The topological polar surface area (TPSA) is 62.3 Å². The molecule has 2 fully saturated rings. The molecule has 2 saturated heterocycles. The third-order valence-electron chi connectivity index (χ3n) is 7.94. The van der Waals surface area contributed by atoms with Crippen LogP contribution in [0.4, 0.5) is 4.79 Å². The molecule has 2 aromatic rings. The van der Waals surface area contributed by atoms with Gasteiger partial charge in [0.1, 0.15) is 6.04 Å². The average Bonchev–Trinajstić information content (AvgIpc) is 3.50. The Balaban J connectivity index is 1.21. The Morgan fingerprint density at radius 1 is 1.08 bits per heavy atom.